The normalized spacial score (nSPS) is 11.2. The Balaban J connectivity index is 2.16. The van der Waals surface area contributed by atoms with Crippen LogP contribution in [-0.2, 0) is 12.8 Å². The van der Waals surface area contributed by atoms with Crippen molar-refractivity contribution >= 4 is 5.65 Å². The molecule has 2 aromatic heterocycles. The van der Waals surface area contributed by atoms with Gasteiger partial charge in [0.05, 0.1) is 0 Å². The molecule has 1 N–H and O–H groups in total. The topological polar surface area (TPSA) is 50.2 Å². The number of aromatic amines is 1. The Morgan fingerprint density at radius 2 is 2.05 bits per heavy atom. The fraction of sp³-hybridized carbons (Fsp3) is 0.250. The van der Waals surface area contributed by atoms with Crippen LogP contribution in [0.15, 0.2) is 35.3 Å². The van der Waals surface area contributed by atoms with E-state index in [1.807, 2.05) is 6.92 Å². The van der Waals surface area contributed by atoms with E-state index in [1.165, 1.54) is 10.6 Å². The van der Waals surface area contributed by atoms with Gasteiger partial charge in [-0.2, -0.15) is 0 Å². The maximum Gasteiger partial charge on any atom is 0.276 e. The molecular weight excluding hydrogens is 269 g/mol. The molecule has 108 valence electrons. The monoisotopic (exact) mass is 285 g/mol. The molecule has 5 heteroatoms. The lowest BCUT2D eigenvalue weighted by atomic mass is 10.0. The van der Waals surface area contributed by atoms with E-state index >= 15 is 0 Å². The van der Waals surface area contributed by atoms with Gasteiger partial charge in [0.25, 0.3) is 5.56 Å². The highest BCUT2D eigenvalue weighted by atomic mass is 19.1. The van der Waals surface area contributed by atoms with E-state index < -0.39 is 0 Å². The lowest BCUT2D eigenvalue weighted by molar-refractivity contribution is 0.613. The Morgan fingerprint density at radius 1 is 1.29 bits per heavy atom. The molecule has 0 bridgehead atoms. The van der Waals surface area contributed by atoms with Gasteiger partial charge in [0.2, 0.25) is 0 Å². The van der Waals surface area contributed by atoms with Gasteiger partial charge in [0.15, 0.2) is 5.65 Å². The first-order chi connectivity index (χ1) is 10.1. The van der Waals surface area contributed by atoms with Gasteiger partial charge in [-0.1, -0.05) is 25.1 Å². The average Bonchev–Trinajstić information content (AvgIpc) is 2.88. The number of hydrogen-bond donors (Lipinski definition) is 1. The predicted octanol–water partition coefficient (Wildman–Crippen LogP) is 2.62. The van der Waals surface area contributed by atoms with E-state index in [0.29, 0.717) is 22.5 Å². The van der Waals surface area contributed by atoms with Crippen LogP contribution in [0.1, 0.15) is 29.3 Å². The fourth-order valence-corrected chi connectivity index (χ4v) is 2.50. The number of nitrogens with one attached hydrogen (secondary N) is 1. The summed E-state index contributed by atoms with van der Waals surface area (Å²) in [6.07, 6.45) is 2.83. The smallest absolute Gasteiger partial charge is 0.276 e. The zero-order chi connectivity index (χ0) is 15.0. The Hall–Kier alpha value is -2.43. The molecule has 4 nitrogen and oxygen atoms in total. The number of aromatic nitrogens is 3. The van der Waals surface area contributed by atoms with Gasteiger partial charge in [-0.3, -0.25) is 9.89 Å². The third kappa shape index (κ3) is 2.24. The van der Waals surface area contributed by atoms with Crippen molar-refractivity contribution in [2.75, 3.05) is 0 Å². The number of benzene rings is 1. The molecule has 21 heavy (non-hydrogen) atoms. The van der Waals surface area contributed by atoms with Gasteiger partial charge in [-0.15, -0.1) is 0 Å². The molecule has 3 aromatic rings. The van der Waals surface area contributed by atoms with Crippen LogP contribution < -0.4 is 5.56 Å². The third-order valence-electron chi connectivity index (χ3n) is 3.74. The molecule has 1 aromatic carbocycles. The lowest BCUT2D eigenvalue weighted by Gasteiger charge is -2.07. The second-order valence-corrected chi connectivity index (χ2v) is 5.06. The molecule has 0 unspecified atom stereocenters. The molecule has 0 saturated carbocycles. The summed E-state index contributed by atoms with van der Waals surface area (Å²) in [6, 6.07) is 6.49. The van der Waals surface area contributed by atoms with E-state index in [-0.39, 0.29) is 17.8 Å². The molecule has 0 saturated heterocycles. The zero-order valence-corrected chi connectivity index (χ0v) is 12.0. The Morgan fingerprint density at radius 3 is 2.76 bits per heavy atom. The van der Waals surface area contributed by atoms with Crippen LogP contribution in [-0.4, -0.2) is 14.6 Å². The highest BCUT2D eigenvalue weighted by Gasteiger charge is 2.14. The van der Waals surface area contributed by atoms with Crippen molar-refractivity contribution in [2.45, 2.75) is 26.7 Å². The first kappa shape index (κ1) is 13.5. The molecule has 0 fully saturated rings. The van der Waals surface area contributed by atoms with Crippen LogP contribution >= 0.6 is 0 Å². The second-order valence-electron chi connectivity index (χ2n) is 5.06. The molecule has 0 aliphatic carbocycles. The van der Waals surface area contributed by atoms with Crippen LogP contribution in [0.3, 0.4) is 0 Å². The van der Waals surface area contributed by atoms with Gasteiger partial charge in [-0.25, -0.2) is 13.9 Å². The van der Waals surface area contributed by atoms with Crippen LogP contribution in [0.25, 0.3) is 5.65 Å². The van der Waals surface area contributed by atoms with Crippen LogP contribution in [0, 0.1) is 12.7 Å². The largest absolute Gasteiger partial charge is 0.297 e. The van der Waals surface area contributed by atoms with Gasteiger partial charge in [0.1, 0.15) is 5.82 Å². The number of rotatable bonds is 3. The van der Waals surface area contributed by atoms with Crippen molar-refractivity contribution in [2.24, 2.45) is 0 Å². The fourth-order valence-electron chi connectivity index (χ4n) is 2.50. The van der Waals surface area contributed by atoms with E-state index in [0.717, 1.165) is 12.0 Å². The average molecular weight is 285 g/mol. The number of fused-ring (bicyclic) bond motifs is 1. The molecule has 0 amide bonds. The van der Waals surface area contributed by atoms with Gasteiger partial charge >= 0.3 is 0 Å². The lowest BCUT2D eigenvalue weighted by Crippen LogP contribution is -2.22. The molecule has 0 spiro atoms. The van der Waals surface area contributed by atoms with E-state index in [1.54, 1.807) is 31.3 Å². The van der Waals surface area contributed by atoms with E-state index in [4.69, 9.17) is 0 Å². The molecule has 2 heterocycles. The van der Waals surface area contributed by atoms with Crippen LogP contribution in [0.5, 0.6) is 0 Å². The molecule has 3 rings (SSSR count). The zero-order valence-electron chi connectivity index (χ0n) is 12.0. The van der Waals surface area contributed by atoms with E-state index in [9.17, 15) is 9.18 Å². The first-order valence-corrected chi connectivity index (χ1v) is 6.93. The summed E-state index contributed by atoms with van der Waals surface area (Å²) in [5.41, 5.74) is 3.15. The highest BCUT2D eigenvalue weighted by Crippen LogP contribution is 2.14. The number of H-pyrrole nitrogens is 1. The van der Waals surface area contributed by atoms with Crippen LogP contribution in [0.4, 0.5) is 4.39 Å². The Kier molecular flexibility index (Phi) is 3.33. The number of aryl methyl sites for hydroxylation is 2. The quantitative estimate of drug-likeness (QED) is 0.804. The van der Waals surface area contributed by atoms with Crippen molar-refractivity contribution < 1.29 is 4.39 Å². The first-order valence-electron chi connectivity index (χ1n) is 6.93. The Labute approximate surface area is 121 Å². The van der Waals surface area contributed by atoms with Crippen molar-refractivity contribution in [1.29, 1.82) is 0 Å². The SMILES string of the molecule is CCc1c[nH]n2c(=O)c(Cc3ccccc3F)c(C)nc12. The number of hydrogen-bond acceptors (Lipinski definition) is 2. The summed E-state index contributed by atoms with van der Waals surface area (Å²) in [7, 11) is 0. The van der Waals surface area contributed by atoms with E-state index in [2.05, 4.69) is 10.1 Å². The molecule has 0 aliphatic heterocycles. The maximum atomic E-state index is 13.8. The summed E-state index contributed by atoms with van der Waals surface area (Å²) >= 11 is 0. The third-order valence-corrected chi connectivity index (χ3v) is 3.74. The summed E-state index contributed by atoms with van der Waals surface area (Å²) in [6.45, 7) is 3.81. The van der Waals surface area contributed by atoms with Crippen molar-refractivity contribution in [3.8, 4) is 0 Å². The minimum Gasteiger partial charge on any atom is -0.297 e. The van der Waals surface area contributed by atoms with Gasteiger partial charge in [0, 0.05) is 29.4 Å². The maximum absolute atomic E-state index is 13.8. The van der Waals surface area contributed by atoms with Crippen molar-refractivity contribution in [3.63, 3.8) is 0 Å². The highest BCUT2D eigenvalue weighted by molar-refractivity contribution is 5.48. The summed E-state index contributed by atoms with van der Waals surface area (Å²) in [5.74, 6) is -0.304. The van der Waals surface area contributed by atoms with Crippen LogP contribution in [0.2, 0.25) is 0 Å². The summed E-state index contributed by atoms with van der Waals surface area (Å²) in [4.78, 5) is 17.1. The Bertz CT molecular complexity index is 864. The number of halogens is 1. The predicted molar refractivity (Wildman–Crippen MR) is 79.1 cm³/mol. The summed E-state index contributed by atoms with van der Waals surface area (Å²) < 4.78 is 15.2. The molecular formula is C16H16FN3O. The van der Waals surface area contributed by atoms with Gasteiger partial charge in [-0.05, 0) is 25.0 Å². The minimum absolute atomic E-state index is 0.166. The van der Waals surface area contributed by atoms with Gasteiger partial charge < -0.3 is 0 Å². The molecule has 0 aliphatic rings. The van der Waals surface area contributed by atoms with Crippen molar-refractivity contribution in [1.82, 2.24) is 14.6 Å². The second kappa shape index (κ2) is 5.16. The van der Waals surface area contributed by atoms with Crippen molar-refractivity contribution in [3.05, 3.63) is 69.0 Å². The molecule has 0 atom stereocenters. The number of nitrogens with zero attached hydrogens (tertiary/aromatic N) is 2. The summed E-state index contributed by atoms with van der Waals surface area (Å²) in [5, 5.41) is 2.92. The molecule has 0 radical (unpaired) electrons. The standard InChI is InChI=1S/C16H16FN3O/c1-3-11-9-18-20-15(11)19-10(2)13(16(20)21)8-12-6-4-5-7-14(12)17/h4-7,9,18H,3,8H2,1-2H3. The minimum atomic E-state index is -0.304.